The van der Waals surface area contributed by atoms with Crippen molar-refractivity contribution < 1.29 is 18.3 Å². The van der Waals surface area contributed by atoms with Gasteiger partial charge < -0.3 is 14.1 Å². The highest BCUT2D eigenvalue weighted by Crippen LogP contribution is 2.32. The number of morpholine rings is 1. The first kappa shape index (κ1) is 19.2. The Morgan fingerprint density at radius 1 is 1.11 bits per heavy atom. The van der Waals surface area contributed by atoms with Crippen LogP contribution in [0.4, 0.5) is 10.1 Å². The van der Waals surface area contributed by atoms with Gasteiger partial charge in [-0.15, -0.1) is 0 Å². The normalized spacial score (nSPS) is 23.5. The molecule has 0 aliphatic carbocycles. The second-order valence-corrected chi connectivity index (χ2v) is 7.86. The van der Waals surface area contributed by atoms with Crippen molar-refractivity contribution in [3.05, 3.63) is 53.7 Å². The summed E-state index contributed by atoms with van der Waals surface area (Å²) in [6, 6.07) is 10.2. The van der Waals surface area contributed by atoms with E-state index in [-0.39, 0.29) is 23.9 Å². The standard InChI is InChI=1S/C22H27FN2O3/c1-2-4-19-9-10-20(28-19)13-24-12-3-11-22(15-24)16-25(21(26)14-27-22)18-7-5-17(23)6-8-18/h5-10H,2-4,11-16H2,1H3. The molecule has 1 spiro atoms. The first-order chi connectivity index (χ1) is 13.6. The average molecular weight is 386 g/mol. The van der Waals surface area contributed by atoms with Crippen molar-refractivity contribution in [3.63, 3.8) is 0 Å². The minimum absolute atomic E-state index is 0.0621. The van der Waals surface area contributed by atoms with Gasteiger partial charge >= 0.3 is 0 Å². The summed E-state index contributed by atoms with van der Waals surface area (Å²) in [5.41, 5.74) is 0.334. The molecule has 1 aromatic carbocycles. The molecule has 1 aromatic heterocycles. The molecule has 1 unspecified atom stereocenters. The monoisotopic (exact) mass is 386 g/mol. The molecule has 1 atom stereocenters. The van der Waals surface area contributed by atoms with E-state index < -0.39 is 0 Å². The molecule has 0 saturated carbocycles. The summed E-state index contributed by atoms with van der Waals surface area (Å²) in [5.74, 6) is 1.63. The first-order valence-electron chi connectivity index (χ1n) is 10.1. The Kier molecular flexibility index (Phi) is 5.51. The average Bonchev–Trinajstić information content (AvgIpc) is 3.12. The third-order valence-electron chi connectivity index (χ3n) is 5.60. The molecule has 3 heterocycles. The number of piperidine rings is 1. The van der Waals surface area contributed by atoms with Crippen molar-refractivity contribution in [2.75, 3.05) is 31.1 Å². The van der Waals surface area contributed by atoms with Crippen LogP contribution in [-0.2, 0) is 22.5 Å². The van der Waals surface area contributed by atoms with Crippen LogP contribution < -0.4 is 4.90 Å². The molecular formula is C22H27FN2O3. The Morgan fingerprint density at radius 2 is 1.89 bits per heavy atom. The lowest BCUT2D eigenvalue weighted by Gasteiger charge is -2.47. The number of carbonyl (C=O) groups is 1. The molecule has 150 valence electrons. The van der Waals surface area contributed by atoms with E-state index in [1.807, 2.05) is 0 Å². The van der Waals surface area contributed by atoms with Crippen LogP contribution in [0.25, 0.3) is 0 Å². The van der Waals surface area contributed by atoms with E-state index in [2.05, 4.69) is 24.0 Å². The van der Waals surface area contributed by atoms with Crippen molar-refractivity contribution in [1.82, 2.24) is 4.90 Å². The number of anilines is 1. The Balaban J connectivity index is 1.45. The number of halogens is 1. The second-order valence-electron chi connectivity index (χ2n) is 7.86. The number of benzene rings is 1. The van der Waals surface area contributed by atoms with Crippen molar-refractivity contribution >= 4 is 11.6 Å². The topological polar surface area (TPSA) is 45.9 Å². The van der Waals surface area contributed by atoms with Gasteiger partial charge in [0.25, 0.3) is 5.91 Å². The summed E-state index contributed by atoms with van der Waals surface area (Å²) in [7, 11) is 0. The highest BCUT2D eigenvalue weighted by Gasteiger charge is 2.43. The van der Waals surface area contributed by atoms with Crippen LogP contribution in [0, 0.1) is 5.82 Å². The van der Waals surface area contributed by atoms with Crippen LogP contribution >= 0.6 is 0 Å². The van der Waals surface area contributed by atoms with E-state index in [1.54, 1.807) is 17.0 Å². The molecular weight excluding hydrogens is 359 g/mol. The molecule has 0 N–H and O–H groups in total. The summed E-state index contributed by atoms with van der Waals surface area (Å²) in [4.78, 5) is 16.5. The summed E-state index contributed by atoms with van der Waals surface area (Å²) in [6.07, 6.45) is 3.95. The molecule has 0 radical (unpaired) electrons. The van der Waals surface area contributed by atoms with Gasteiger partial charge in [0.05, 0.1) is 18.7 Å². The minimum Gasteiger partial charge on any atom is -0.465 e. The molecule has 2 aliphatic heterocycles. The number of nitrogens with zero attached hydrogens (tertiary/aromatic N) is 2. The molecule has 2 fully saturated rings. The van der Waals surface area contributed by atoms with E-state index in [9.17, 15) is 9.18 Å². The van der Waals surface area contributed by atoms with Crippen molar-refractivity contribution in [2.45, 2.75) is 44.8 Å². The molecule has 2 aliphatic rings. The maximum Gasteiger partial charge on any atom is 0.253 e. The maximum atomic E-state index is 13.3. The molecule has 4 rings (SSSR count). The van der Waals surface area contributed by atoms with Crippen LogP contribution in [0.15, 0.2) is 40.8 Å². The third-order valence-corrected chi connectivity index (χ3v) is 5.60. The molecule has 5 nitrogen and oxygen atoms in total. The van der Waals surface area contributed by atoms with Gasteiger partial charge in [0, 0.05) is 18.7 Å². The molecule has 2 saturated heterocycles. The molecule has 28 heavy (non-hydrogen) atoms. The molecule has 6 heteroatoms. The minimum atomic E-state index is -0.389. The SMILES string of the molecule is CCCc1ccc(CN2CCCC3(C2)CN(c2ccc(F)cc2)C(=O)CO3)o1. The fourth-order valence-electron chi connectivity index (χ4n) is 4.25. The van der Waals surface area contributed by atoms with Gasteiger partial charge in [-0.2, -0.15) is 0 Å². The summed E-state index contributed by atoms with van der Waals surface area (Å²) in [5, 5.41) is 0. The van der Waals surface area contributed by atoms with Gasteiger partial charge in [0.1, 0.15) is 23.9 Å². The lowest BCUT2D eigenvalue weighted by atomic mass is 9.90. The van der Waals surface area contributed by atoms with Gasteiger partial charge in [-0.25, -0.2) is 4.39 Å². The fourth-order valence-corrected chi connectivity index (χ4v) is 4.25. The van der Waals surface area contributed by atoms with E-state index in [4.69, 9.17) is 9.15 Å². The lowest BCUT2D eigenvalue weighted by Crippen LogP contribution is -2.61. The van der Waals surface area contributed by atoms with E-state index >= 15 is 0 Å². The second kappa shape index (κ2) is 8.05. The van der Waals surface area contributed by atoms with Gasteiger partial charge in [-0.05, 0) is 62.2 Å². The summed E-state index contributed by atoms with van der Waals surface area (Å²) in [6.45, 7) is 5.19. The van der Waals surface area contributed by atoms with Crippen molar-refractivity contribution in [3.8, 4) is 0 Å². The number of amides is 1. The number of aryl methyl sites for hydroxylation is 1. The van der Waals surface area contributed by atoms with Crippen LogP contribution in [0.3, 0.4) is 0 Å². The quantitative estimate of drug-likeness (QED) is 0.785. The fraction of sp³-hybridized carbons (Fsp3) is 0.500. The lowest BCUT2D eigenvalue weighted by molar-refractivity contribution is -0.146. The van der Waals surface area contributed by atoms with Crippen LogP contribution in [0.2, 0.25) is 0 Å². The van der Waals surface area contributed by atoms with Gasteiger partial charge in [-0.1, -0.05) is 6.92 Å². The molecule has 2 aromatic rings. The summed E-state index contributed by atoms with van der Waals surface area (Å²) < 4.78 is 25.3. The third kappa shape index (κ3) is 4.13. The maximum absolute atomic E-state index is 13.3. The van der Waals surface area contributed by atoms with E-state index in [0.29, 0.717) is 6.54 Å². The first-order valence-corrected chi connectivity index (χ1v) is 10.1. The Morgan fingerprint density at radius 3 is 2.68 bits per heavy atom. The Bertz CT molecular complexity index is 819. The van der Waals surface area contributed by atoms with Crippen molar-refractivity contribution in [2.24, 2.45) is 0 Å². The number of carbonyl (C=O) groups excluding carboxylic acids is 1. The highest BCUT2D eigenvalue weighted by atomic mass is 19.1. The van der Waals surface area contributed by atoms with E-state index in [0.717, 1.165) is 62.5 Å². The zero-order valence-corrected chi connectivity index (χ0v) is 16.3. The Hall–Kier alpha value is -2.18. The molecule has 1 amide bonds. The number of furan rings is 1. The van der Waals surface area contributed by atoms with Crippen molar-refractivity contribution in [1.29, 1.82) is 0 Å². The summed E-state index contributed by atoms with van der Waals surface area (Å²) >= 11 is 0. The van der Waals surface area contributed by atoms with E-state index in [1.165, 1.54) is 12.1 Å². The van der Waals surface area contributed by atoms with Crippen LogP contribution in [0.5, 0.6) is 0 Å². The predicted octanol–water partition coefficient (Wildman–Crippen LogP) is 3.77. The molecule has 0 bridgehead atoms. The number of likely N-dealkylation sites (tertiary alicyclic amines) is 1. The number of ether oxygens (including phenoxy) is 1. The highest BCUT2D eigenvalue weighted by molar-refractivity contribution is 5.95. The number of hydrogen-bond acceptors (Lipinski definition) is 4. The predicted molar refractivity (Wildman–Crippen MR) is 105 cm³/mol. The zero-order valence-electron chi connectivity index (χ0n) is 16.3. The van der Waals surface area contributed by atoms with Gasteiger partial charge in [-0.3, -0.25) is 9.69 Å². The Labute approximate surface area is 165 Å². The zero-order chi connectivity index (χ0) is 19.6. The van der Waals surface area contributed by atoms with Crippen LogP contribution in [0.1, 0.15) is 37.7 Å². The van der Waals surface area contributed by atoms with Gasteiger partial charge in [0.15, 0.2) is 0 Å². The number of hydrogen-bond donors (Lipinski definition) is 0. The van der Waals surface area contributed by atoms with Gasteiger partial charge in [0.2, 0.25) is 0 Å². The smallest absolute Gasteiger partial charge is 0.253 e. The largest absolute Gasteiger partial charge is 0.465 e. The number of rotatable bonds is 5. The van der Waals surface area contributed by atoms with Crippen LogP contribution in [-0.4, -0.2) is 42.6 Å².